The minimum atomic E-state index is -0.988. The number of carbonyl (C=O) groups is 2. The molecular formula is C25H19FN2O4S. The van der Waals surface area contributed by atoms with E-state index in [0.29, 0.717) is 16.5 Å². The number of amides is 1. The van der Waals surface area contributed by atoms with Crippen LogP contribution in [0.2, 0.25) is 0 Å². The Balaban J connectivity index is 1.69. The standard InChI is InChI=1S/C25H19FN2O4S/c1-12-10-13(2)20-18(11-12)33-25(27-20)28-21(15-5-7-16(26)8-6-15)19(23(30)24(28)31)22(29)17-9-4-14(3)32-17/h4-11,21,30H,1-3H3/t21-/m1/s1. The maximum absolute atomic E-state index is 13.7. The van der Waals surface area contributed by atoms with Gasteiger partial charge in [-0.25, -0.2) is 9.37 Å². The fourth-order valence-corrected chi connectivity index (χ4v) is 5.31. The molecule has 0 spiro atoms. The zero-order chi connectivity index (χ0) is 23.4. The van der Waals surface area contributed by atoms with Crippen LogP contribution >= 0.6 is 11.3 Å². The number of aromatic nitrogens is 1. The molecule has 8 heteroatoms. The molecule has 0 fully saturated rings. The topological polar surface area (TPSA) is 83.6 Å². The van der Waals surface area contributed by atoms with Gasteiger partial charge >= 0.3 is 0 Å². The number of aliphatic hydroxyl groups excluding tert-OH is 1. The quantitative estimate of drug-likeness (QED) is 0.391. The number of furan rings is 1. The molecule has 1 atom stereocenters. The number of carbonyl (C=O) groups excluding carboxylic acids is 2. The van der Waals surface area contributed by atoms with Crippen LogP contribution in [0.15, 0.2) is 64.3 Å². The van der Waals surface area contributed by atoms with Crippen LogP contribution in [0, 0.1) is 26.6 Å². The summed E-state index contributed by atoms with van der Waals surface area (Å²) in [6.45, 7) is 5.61. The second-order valence-corrected chi connectivity index (χ2v) is 9.07. The minimum Gasteiger partial charge on any atom is -0.503 e. The Labute approximate surface area is 192 Å². The van der Waals surface area contributed by atoms with Crippen molar-refractivity contribution in [3.05, 3.63) is 93.9 Å². The van der Waals surface area contributed by atoms with Crippen molar-refractivity contribution in [1.29, 1.82) is 0 Å². The van der Waals surface area contributed by atoms with Crippen LogP contribution in [0.1, 0.15) is 39.0 Å². The van der Waals surface area contributed by atoms with Crippen molar-refractivity contribution in [1.82, 2.24) is 4.98 Å². The van der Waals surface area contributed by atoms with Crippen LogP contribution in [0.3, 0.4) is 0 Å². The second-order valence-electron chi connectivity index (χ2n) is 8.06. The lowest BCUT2D eigenvalue weighted by Gasteiger charge is -2.24. The second kappa shape index (κ2) is 7.67. The highest BCUT2D eigenvalue weighted by Crippen LogP contribution is 2.44. The van der Waals surface area contributed by atoms with E-state index in [-0.39, 0.29) is 11.3 Å². The molecule has 4 aromatic rings. The highest BCUT2D eigenvalue weighted by Gasteiger charge is 2.46. The van der Waals surface area contributed by atoms with Gasteiger partial charge < -0.3 is 9.52 Å². The number of ketones is 1. The lowest BCUT2D eigenvalue weighted by molar-refractivity contribution is -0.117. The fourth-order valence-electron chi connectivity index (χ4n) is 4.15. The molecule has 0 radical (unpaired) electrons. The number of nitrogens with zero attached hydrogens (tertiary/aromatic N) is 2. The van der Waals surface area contributed by atoms with Gasteiger partial charge in [0.05, 0.1) is 21.8 Å². The molecule has 1 amide bonds. The molecule has 0 aliphatic carbocycles. The van der Waals surface area contributed by atoms with Crippen molar-refractivity contribution in [2.45, 2.75) is 26.8 Å². The van der Waals surface area contributed by atoms with Crippen LogP contribution in [-0.4, -0.2) is 21.8 Å². The SMILES string of the molecule is Cc1cc(C)c2nc(N3C(=O)C(O)=C(C(=O)c4ccc(C)o4)[C@H]3c3ccc(F)cc3)sc2c1. The summed E-state index contributed by atoms with van der Waals surface area (Å²) in [5.41, 5.74) is 3.09. The van der Waals surface area contributed by atoms with Gasteiger partial charge in [0, 0.05) is 0 Å². The number of aryl methyl sites for hydroxylation is 3. The number of Topliss-reactive ketones (excluding diaryl/α,β-unsaturated/α-hetero) is 1. The van der Waals surface area contributed by atoms with Crippen molar-refractivity contribution >= 4 is 38.4 Å². The monoisotopic (exact) mass is 462 g/mol. The van der Waals surface area contributed by atoms with E-state index in [9.17, 15) is 19.1 Å². The molecule has 1 N–H and O–H groups in total. The Morgan fingerprint density at radius 3 is 2.52 bits per heavy atom. The number of rotatable bonds is 4. The number of hydrogen-bond acceptors (Lipinski definition) is 6. The molecular weight excluding hydrogens is 443 g/mol. The zero-order valence-electron chi connectivity index (χ0n) is 18.0. The first-order chi connectivity index (χ1) is 15.7. The van der Waals surface area contributed by atoms with E-state index in [1.807, 2.05) is 26.0 Å². The zero-order valence-corrected chi connectivity index (χ0v) is 18.9. The van der Waals surface area contributed by atoms with Crippen molar-refractivity contribution in [3.8, 4) is 0 Å². The summed E-state index contributed by atoms with van der Waals surface area (Å²) in [4.78, 5) is 32.6. The number of fused-ring (bicyclic) bond motifs is 1. The van der Waals surface area contributed by atoms with Crippen molar-refractivity contribution in [2.75, 3.05) is 4.90 Å². The van der Waals surface area contributed by atoms with E-state index < -0.39 is 29.3 Å². The van der Waals surface area contributed by atoms with Crippen LogP contribution in [-0.2, 0) is 4.79 Å². The van der Waals surface area contributed by atoms with Crippen molar-refractivity contribution < 1.29 is 23.5 Å². The smallest absolute Gasteiger partial charge is 0.296 e. The van der Waals surface area contributed by atoms with Gasteiger partial charge in [-0.15, -0.1) is 0 Å². The molecule has 6 nitrogen and oxygen atoms in total. The summed E-state index contributed by atoms with van der Waals surface area (Å²) in [7, 11) is 0. The van der Waals surface area contributed by atoms with Gasteiger partial charge in [0.2, 0.25) is 5.78 Å². The normalized spacial score (nSPS) is 16.3. The third-order valence-electron chi connectivity index (χ3n) is 5.63. The van der Waals surface area contributed by atoms with Crippen LogP contribution in [0.5, 0.6) is 0 Å². The number of benzene rings is 2. The van der Waals surface area contributed by atoms with Gasteiger partial charge in [-0.2, -0.15) is 0 Å². The molecule has 33 heavy (non-hydrogen) atoms. The third kappa shape index (κ3) is 3.43. The highest BCUT2D eigenvalue weighted by molar-refractivity contribution is 7.22. The summed E-state index contributed by atoms with van der Waals surface area (Å²) >= 11 is 1.29. The molecule has 1 aliphatic heterocycles. The number of anilines is 1. The number of halogens is 1. The Morgan fingerprint density at radius 1 is 1.12 bits per heavy atom. The molecule has 166 valence electrons. The Morgan fingerprint density at radius 2 is 1.85 bits per heavy atom. The van der Waals surface area contributed by atoms with Gasteiger partial charge in [-0.05, 0) is 67.8 Å². The highest BCUT2D eigenvalue weighted by atomic mass is 32.1. The van der Waals surface area contributed by atoms with E-state index >= 15 is 0 Å². The Kier molecular flexibility index (Phi) is 4.90. The van der Waals surface area contributed by atoms with Gasteiger partial charge in [-0.1, -0.05) is 29.5 Å². The molecule has 0 saturated carbocycles. The molecule has 0 unspecified atom stereocenters. The van der Waals surface area contributed by atoms with Crippen LogP contribution in [0.25, 0.3) is 10.2 Å². The van der Waals surface area contributed by atoms with E-state index in [0.717, 1.165) is 21.3 Å². The maximum atomic E-state index is 13.7. The van der Waals surface area contributed by atoms with E-state index in [2.05, 4.69) is 4.98 Å². The predicted molar refractivity (Wildman–Crippen MR) is 123 cm³/mol. The minimum absolute atomic E-state index is 0.00609. The summed E-state index contributed by atoms with van der Waals surface area (Å²) in [6.07, 6.45) is 0. The third-order valence-corrected chi connectivity index (χ3v) is 6.63. The number of aliphatic hydroxyl groups is 1. The maximum Gasteiger partial charge on any atom is 0.296 e. The van der Waals surface area contributed by atoms with Gasteiger partial charge in [0.25, 0.3) is 5.91 Å². The molecule has 0 bridgehead atoms. The summed E-state index contributed by atoms with van der Waals surface area (Å²) in [6, 6.07) is 11.6. The van der Waals surface area contributed by atoms with E-state index in [1.54, 1.807) is 13.0 Å². The molecule has 3 heterocycles. The van der Waals surface area contributed by atoms with Crippen molar-refractivity contribution in [2.24, 2.45) is 0 Å². The molecule has 2 aromatic heterocycles. The predicted octanol–water partition coefficient (Wildman–Crippen LogP) is 5.74. The lowest BCUT2D eigenvalue weighted by Crippen LogP contribution is -2.31. The van der Waals surface area contributed by atoms with Crippen molar-refractivity contribution in [3.63, 3.8) is 0 Å². The fraction of sp³-hybridized carbons (Fsp3) is 0.160. The summed E-state index contributed by atoms with van der Waals surface area (Å²) in [5.74, 6) is -1.95. The lowest BCUT2D eigenvalue weighted by atomic mass is 9.95. The van der Waals surface area contributed by atoms with E-state index in [4.69, 9.17) is 4.42 Å². The number of hydrogen-bond donors (Lipinski definition) is 1. The van der Waals surface area contributed by atoms with Gasteiger partial charge in [0.15, 0.2) is 16.7 Å². The average Bonchev–Trinajstić information content (AvgIpc) is 3.45. The molecule has 0 saturated heterocycles. The summed E-state index contributed by atoms with van der Waals surface area (Å²) in [5, 5.41) is 11.2. The first-order valence-electron chi connectivity index (χ1n) is 10.3. The van der Waals surface area contributed by atoms with Crippen LogP contribution in [0.4, 0.5) is 9.52 Å². The van der Waals surface area contributed by atoms with E-state index in [1.165, 1.54) is 46.6 Å². The largest absolute Gasteiger partial charge is 0.503 e. The Hall–Kier alpha value is -3.78. The van der Waals surface area contributed by atoms with Gasteiger partial charge in [0.1, 0.15) is 11.6 Å². The van der Waals surface area contributed by atoms with Crippen LogP contribution < -0.4 is 4.90 Å². The Bertz CT molecular complexity index is 1470. The van der Waals surface area contributed by atoms with Gasteiger partial charge in [-0.3, -0.25) is 14.5 Å². The first-order valence-corrected chi connectivity index (χ1v) is 11.1. The number of thiazole rings is 1. The molecule has 2 aromatic carbocycles. The molecule has 1 aliphatic rings. The molecule has 5 rings (SSSR count). The average molecular weight is 463 g/mol. The first kappa shape index (κ1) is 21.1. The summed E-state index contributed by atoms with van der Waals surface area (Å²) < 4.78 is 20.0.